The molecule has 0 aliphatic heterocycles. The second-order valence-electron chi connectivity index (χ2n) is 6.36. The fourth-order valence-electron chi connectivity index (χ4n) is 2.18. The summed E-state index contributed by atoms with van der Waals surface area (Å²) in [5.41, 5.74) is 5.31. The fraction of sp³-hybridized carbons (Fsp3) is 0.412. The van der Waals surface area contributed by atoms with Crippen molar-refractivity contribution in [3.63, 3.8) is 0 Å². The summed E-state index contributed by atoms with van der Waals surface area (Å²) in [6, 6.07) is 4.38. The van der Waals surface area contributed by atoms with Gasteiger partial charge >= 0.3 is 12.0 Å². The number of carbonyl (C=O) groups excluding carboxylic acids is 4. The van der Waals surface area contributed by atoms with Gasteiger partial charge in [-0.05, 0) is 30.2 Å². The number of nitrogens with two attached hydrogens (primary N) is 1. The first-order chi connectivity index (χ1) is 13.4. The molecule has 5 N–H and O–H groups in total. The van der Waals surface area contributed by atoms with Crippen molar-refractivity contribution in [3.05, 3.63) is 24.3 Å². The van der Waals surface area contributed by atoms with Gasteiger partial charge in [0, 0.05) is 19.2 Å². The number of sulfonamides is 1. The third-order valence-corrected chi connectivity index (χ3v) is 4.95. The van der Waals surface area contributed by atoms with Crippen LogP contribution in [0.4, 0.5) is 10.5 Å². The molecule has 12 heteroatoms. The average Bonchev–Trinajstić information content (AvgIpc) is 2.58. The lowest BCUT2D eigenvalue weighted by molar-refractivity contribution is -0.158. The van der Waals surface area contributed by atoms with E-state index in [4.69, 9.17) is 10.5 Å². The molecule has 1 aromatic carbocycles. The maximum Gasteiger partial charge on any atom is 0.318 e. The molecule has 0 aliphatic carbocycles. The van der Waals surface area contributed by atoms with Gasteiger partial charge in [-0.25, -0.2) is 17.9 Å². The molecule has 29 heavy (non-hydrogen) atoms. The highest BCUT2D eigenvalue weighted by Gasteiger charge is 2.27. The van der Waals surface area contributed by atoms with Crippen LogP contribution >= 0.6 is 0 Å². The molecule has 1 atom stereocenters. The van der Waals surface area contributed by atoms with Crippen molar-refractivity contribution in [1.82, 2.24) is 10.0 Å². The zero-order valence-corrected chi connectivity index (χ0v) is 17.0. The van der Waals surface area contributed by atoms with Crippen LogP contribution in [0.2, 0.25) is 0 Å². The van der Waals surface area contributed by atoms with Crippen LogP contribution < -0.4 is 21.1 Å². The van der Waals surface area contributed by atoms with E-state index in [0.717, 1.165) is 0 Å². The first-order valence-electron chi connectivity index (χ1n) is 8.59. The van der Waals surface area contributed by atoms with E-state index in [2.05, 4.69) is 10.0 Å². The number of anilines is 1. The number of imide groups is 1. The minimum atomic E-state index is -3.89. The number of hydrogen-bond donors (Lipinski definition) is 4. The Balaban J connectivity index is 2.61. The van der Waals surface area contributed by atoms with E-state index in [-0.39, 0.29) is 23.8 Å². The highest BCUT2D eigenvalue weighted by Crippen LogP contribution is 2.14. The number of ether oxygens (including phenoxy) is 1. The standard InChI is InChI=1S/C17H24N4O7S/c1-10(2)15(16(24)21-17(18)25)28-14(23)8-9-19-29(26,27)13-6-4-12(5-7-13)20-11(3)22/h4-7,10,15,19H,8-9H2,1-3H3,(H,20,22)(H3,18,21,24,25)/t15-/m1/s1. The smallest absolute Gasteiger partial charge is 0.318 e. The van der Waals surface area contributed by atoms with E-state index in [1.54, 1.807) is 13.8 Å². The zero-order valence-electron chi connectivity index (χ0n) is 16.2. The number of primary amides is 1. The Morgan fingerprint density at radius 1 is 1.10 bits per heavy atom. The third kappa shape index (κ3) is 8.27. The number of esters is 1. The third-order valence-electron chi connectivity index (χ3n) is 3.47. The summed E-state index contributed by atoms with van der Waals surface area (Å²) in [7, 11) is -3.89. The first kappa shape index (κ1) is 24.0. The van der Waals surface area contributed by atoms with Gasteiger partial charge < -0.3 is 15.8 Å². The molecule has 0 saturated heterocycles. The number of urea groups is 1. The average molecular weight is 428 g/mol. The lowest BCUT2D eigenvalue weighted by Gasteiger charge is -2.19. The molecule has 0 bridgehead atoms. The Hall–Kier alpha value is -2.99. The molecule has 11 nitrogen and oxygen atoms in total. The minimum absolute atomic E-state index is 0.0548. The van der Waals surface area contributed by atoms with Gasteiger partial charge in [-0.1, -0.05) is 13.8 Å². The highest BCUT2D eigenvalue weighted by atomic mass is 32.2. The second-order valence-corrected chi connectivity index (χ2v) is 8.13. The summed E-state index contributed by atoms with van der Waals surface area (Å²) in [5, 5.41) is 4.35. The molecule has 0 unspecified atom stereocenters. The van der Waals surface area contributed by atoms with Crippen molar-refractivity contribution in [2.45, 2.75) is 38.2 Å². The summed E-state index contributed by atoms with van der Waals surface area (Å²) in [4.78, 5) is 45.4. The molecule has 0 aliphatic rings. The molecular weight excluding hydrogens is 404 g/mol. The van der Waals surface area contributed by atoms with E-state index in [1.165, 1.54) is 31.2 Å². The maximum absolute atomic E-state index is 12.2. The molecule has 0 aromatic heterocycles. The number of hydrogen-bond acceptors (Lipinski definition) is 7. The Labute approximate surface area is 168 Å². The van der Waals surface area contributed by atoms with Crippen LogP contribution in [0.1, 0.15) is 27.2 Å². The van der Waals surface area contributed by atoms with Gasteiger partial charge in [-0.15, -0.1) is 0 Å². The van der Waals surface area contributed by atoms with Crippen LogP contribution in [0.25, 0.3) is 0 Å². The van der Waals surface area contributed by atoms with E-state index >= 15 is 0 Å². The van der Waals surface area contributed by atoms with Crippen molar-refractivity contribution in [3.8, 4) is 0 Å². The Morgan fingerprint density at radius 2 is 1.69 bits per heavy atom. The summed E-state index contributed by atoms with van der Waals surface area (Å²) in [6.07, 6.45) is -1.58. The molecule has 0 fully saturated rings. The number of nitrogens with one attached hydrogen (secondary N) is 3. The monoisotopic (exact) mass is 428 g/mol. The van der Waals surface area contributed by atoms with E-state index in [9.17, 15) is 27.6 Å². The number of amides is 4. The quantitative estimate of drug-likeness (QED) is 0.403. The summed E-state index contributed by atoms with van der Waals surface area (Å²) < 4.78 is 31.7. The molecule has 1 aromatic rings. The van der Waals surface area contributed by atoms with Crippen LogP contribution in [0.3, 0.4) is 0 Å². The van der Waals surface area contributed by atoms with E-state index in [1.807, 2.05) is 5.32 Å². The Bertz CT molecular complexity index is 866. The van der Waals surface area contributed by atoms with Crippen molar-refractivity contribution in [2.75, 3.05) is 11.9 Å². The van der Waals surface area contributed by atoms with Crippen LogP contribution in [0, 0.1) is 5.92 Å². The molecular formula is C17H24N4O7S. The number of rotatable bonds is 9. The van der Waals surface area contributed by atoms with Crippen LogP contribution in [-0.2, 0) is 29.1 Å². The fourth-order valence-corrected chi connectivity index (χ4v) is 3.21. The van der Waals surface area contributed by atoms with E-state index < -0.39 is 40.0 Å². The molecule has 1 rings (SSSR count). The summed E-state index contributed by atoms with van der Waals surface area (Å²) in [6.45, 7) is 4.27. The predicted molar refractivity (Wildman–Crippen MR) is 103 cm³/mol. The van der Waals surface area contributed by atoms with Gasteiger partial charge in [0.25, 0.3) is 5.91 Å². The lowest BCUT2D eigenvalue weighted by Crippen LogP contribution is -2.45. The first-order valence-corrected chi connectivity index (χ1v) is 10.1. The normalized spacial score (nSPS) is 12.1. The van der Waals surface area contributed by atoms with Crippen LogP contribution in [0.5, 0.6) is 0 Å². The number of benzene rings is 1. The number of carbonyl (C=O) groups is 4. The molecule has 160 valence electrons. The van der Waals surface area contributed by atoms with E-state index in [0.29, 0.717) is 5.69 Å². The van der Waals surface area contributed by atoms with Gasteiger partial charge in [0.05, 0.1) is 11.3 Å². The zero-order chi connectivity index (χ0) is 22.2. The Morgan fingerprint density at radius 3 is 2.17 bits per heavy atom. The minimum Gasteiger partial charge on any atom is -0.452 e. The second kappa shape index (κ2) is 10.5. The largest absolute Gasteiger partial charge is 0.452 e. The van der Waals surface area contributed by atoms with Crippen molar-refractivity contribution in [2.24, 2.45) is 11.7 Å². The lowest BCUT2D eigenvalue weighted by atomic mass is 10.1. The van der Waals surface area contributed by atoms with Gasteiger partial charge in [-0.3, -0.25) is 19.7 Å². The molecule has 0 heterocycles. The van der Waals surface area contributed by atoms with Gasteiger partial charge in [0.1, 0.15) is 0 Å². The van der Waals surface area contributed by atoms with Crippen molar-refractivity contribution in [1.29, 1.82) is 0 Å². The maximum atomic E-state index is 12.2. The van der Waals surface area contributed by atoms with Crippen molar-refractivity contribution >= 4 is 39.5 Å². The molecule has 0 spiro atoms. The topological polar surface area (TPSA) is 174 Å². The molecule has 0 saturated carbocycles. The molecule has 0 radical (unpaired) electrons. The van der Waals surface area contributed by atoms with Gasteiger partial charge in [-0.2, -0.15) is 0 Å². The summed E-state index contributed by atoms with van der Waals surface area (Å²) in [5.74, 6) is -2.41. The van der Waals surface area contributed by atoms with Crippen molar-refractivity contribution < 1.29 is 32.3 Å². The van der Waals surface area contributed by atoms with Gasteiger partial charge in [0.15, 0.2) is 6.10 Å². The highest BCUT2D eigenvalue weighted by molar-refractivity contribution is 7.89. The van der Waals surface area contributed by atoms with Crippen LogP contribution in [0.15, 0.2) is 29.2 Å². The Kier molecular flexibility index (Phi) is 8.73. The summed E-state index contributed by atoms with van der Waals surface area (Å²) >= 11 is 0. The SMILES string of the molecule is CC(=O)Nc1ccc(S(=O)(=O)NCCC(=O)O[C@@H](C(=O)NC(N)=O)C(C)C)cc1. The van der Waals surface area contributed by atoms with Gasteiger partial charge in [0.2, 0.25) is 15.9 Å². The molecule has 4 amide bonds. The predicted octanol–water partition coefficient (Wildman–Crippen LogP) is 0.0761. The van der Waals surface area contributed by atoms with Crippen LogP contribution in [-0.4, -0.2) is 44.9 Å².